The van der Waals surface area contributed by atoms with Crippen LogP contribution in [-0.2, 0) is 11.3 Å². The number of amides is 1. The topological polar surface area (TPSA) is 68.2 Å². The van der Waals surface area contributed by atoms with Crippen LogP contribution in [0.3, 0.4) is 0 Å². The Labute approximate surface area is 155 Å². The van der Waals surface area contributed by atoms with Crippen molar-refractivity contribution in [2.24, 2.45) is 5.92 Å². The molecule has 1 N–H and O–H groups in total. The summed E-state index contributed by atoms with van der Waals surface area (Å²) >= 11 is 3.21. The van der Waals surface area contributed by atoms with Crippen molar-refractivity contribution in [1.29, 1.82) is 0 Å². The number of hydrogen-bond donors (Lipinski definition) is 1. The molecule has 0 unspecified atom stereocenters. The summed E-state index contributed by atoms with van der Waals surface area (Å²) in [5.41, 5.74) is 1.72. The number of ketones is 1. The molecule has 1 amide bonds. The zero-order chi connectivity index (χ0) is 18.6. The van der Waals surface area contributed by atoms with Gasteiger partial charge in [0.2, 0.25) is 5.91 Å². The Morgan fingerprint density at radius 2 is 1.80 bits per heavy atom. The fourth-order valence-electron chi connectivity index (χ4n) is 2.41. The SMILES string of the molecule is Cc1cn(CC(=O)c2ccc(NC(=O)CC(C)C)cc2)cc(Br)c1=O. The number of benzene rings is 1. The van der Waals surface area contributed by atoms with Crippen LogP contribution in [0.5, 0.6) is 0 Å². The third-order valence-electron chi connectivity index (χ3n) is 3.62. The summed E-state index contributed by atoms with van der Waals surface area (Å²) in [6.45, 7) is 5.82. The maximum atomic E-state index is 12.4. The van der Waals surface area contributed by atoms with Gasteiger partial charge in [-0.1, -0.05) is 13.8 Å². The Hall–Kier alpha value is -2.21. The number of carbonyl (C=O) groups excluding carboxylic acids is 2. The number of anilines is 1. The van der Waals surface area contributed by atoms with Crippen molar-refractivity contribution in [2.45, 2.75) is 33.7 Å². The normalized spacial score (nSPS) is 10.8. The third kappa shape index (κ3) is 5.39. The summed E-state index contributed by atoms with van der Waals surface area (Å²) in [6.07, 6.45) is 3.72. The largest absolute Gasteiger partial charge is 0.345 e. The summed E-state index contributed by atoms with van der Waals surface area (Å²) in [5.74, 6) is 0.179. The van der Waals surface area contributed by atoms with E-state index in [4.69, 9.17) is 0 Å². The number of aromatic nitrogens is 1. The Balaban J connectivity index is 2.05. The molecule has 0 saturated heterocycles. The average molecular weight is 405 g/mol. The second-order valence-corrected chi connectivity index (χ2v) is 7.29. The molecule has 0 bridgehead atoms. The van der Waals surface area contributed by atoms with Gasteiger partial charge in [0.1, 0.15) is 0 Å². The lowest BCUT2D eigenvalue weighted by Gasteiger charge is -2.09. The van der Waals surface area contributed by atoms with Gasteiger partial charge >= 0.3 is 0 Å². The zero-order valence-corrected chi connectivity index (χ0v) is 16.1. The van der Waals surface area contributed by atoms with E-state index in [9.17, 15) is 14.4 Å². The molecule has 0 aliphatic rings. The molecule has 0 aliphatic carbocycles. The number of nitrogens with one attached hydrogen (secondary N) is 1. The smallest absolute Gasteiger partial charge is 0.224 e. The fraction of sp³-hybridized carbons (Fsp3) is 0.316. The first kappa shape index (κ1) is 19.1. The molecule has 132 valence electrons. The standard InChI is InChI=1S/C19H21BrN2O3/c1-12(2)8-18(24)21-15-6-4-14(5-7-15)17(23)11-22-9-13(3)19(25)16(20)10-22/h4-7,9-10,12H,8,11H2,1-3H3,(H,21,24). The summed E-state index contributed by atoms with van der Waals surface area (Å²) in [6, 6.07) is 6.82. The van der Waals surface area contributed by atoms with Crippen LogP contribution < -0.4 is 10.7 Å². The molecule has 0 atom stereocenters. The minimum Gasteiger partial charge on any atom is -0.345 e. The van der Waals surface area contributed by atoms with Crippen molar-refractivity contribution < 1.29 is 9.59 Å². The number of halogens is 1. The van der Waals surface area contributed by atoms with E-state index in [-0.39, 0.29) is 23.7 Å². The van der Waals surface area contributed by atoms with Crippen molar-refractivity contribution in [3.05, 3.63) is 62.5 Å². The zero-order valence-electron chi connectivity index (χ0n) is 14.5. The number of pyridine rings is 1. The molecular formula is C19H21BrN2O3. The summed E-state index contributed by atoms with van der Waals surface area (Å²) in [4.78, 5) is 35.9. The van der Waals surface area contributed by atoms with E-state index in [0.717, 1.165) is 0 Å². The molecular weight excluding hydrogens is 384 g/mol. The first-order chi connectivity index (χ1) is 11.8. The van der Waals surface area contributed by atoms with Crippen LogP contribution in [0.25, 0.3) is 0 Å². The fourth-order valence-corrected chi connectivity index (χ4v) is 2.98. The Kier molecular flexibility index (Phi) is 6.31. The molecule has 0 spiro atoms. The Bertz CT molecular complexity index is 812. The predicted molar refractivity (Wildman–Crippen MR) is 102 cm³/mol. The van der Waals surface area contributed by atoms with Gasteiger partial charge in [-0.25, -0.2) is 0 Å². The monoisotopic (exact) mass is 404 g/mol. The summed E-state index contributed by atoms with van der Waals surface area (Å²) in [7, 11) is 0. The van der Waals surface area contributed by atoms with Crippen LogP contribution in [0, 0.1) is 12.8 Å². The van der Waals surface area contributed by atoms with E-state index in [1.54, 1.807) is 48.1 Å². The maximum absolute atomic E-state index is 12.4. The van der Waals surface area contributed by atoms with Crippen LogP contribution in [0.1, 0.15) is 36.2 Å². The van der Waals surface area contributed by atoms with Crippen LogP contribution >= 0.6 is 15.9 Å². The average Bonchev–Trinajstić information content (AvgIpc) is 2.52. The van der Waals surface area contributed by atoms with Gasteiger partial charge in [0.25, 0.3) is 0 Å². The first-order valence-corrected chi connectivity index (χ1v) is 8.85. The number of Topliss-reactive ketones (excluding diaryl/α,β-unsaturated/α-hetero) is 1. The van der Waals surface area contributed by atoms with E-state index in [1.165, 1.54) is 0 Å². The molecule has 6 heteroatoms. The third-order valence-corrected chi connectivity index (χ3v) is 4.19. The molecule has 1 aromatic carbocycles. The molecule has 0 aliphatic heterocycles. The minimum atomic E-state index is -0.0785. The van der Waals surface area contributed by atoms with E-state index in [0.29, 0.717) is 33.6 Å². The Morgan fingerprint density at radius 1 is 1.16 bits per heavy atom. The number of rotatable bonds is 6. The van der Waals surface area contributed by atoms with E-state index >= 15 is 0 Å². The van der Waals surface area contributed by atoms with Gasteiger partial charge in [0.15, 0.2) is 11.2 Å². The van der Waals surface area contributed by atoms with Gasteiger partial charge in [-0.3, -0.25) is 14.4 Å². The highest BCUT2D eigenvalue weighted by molar-refractivity contribution is 9.10. The second-order valence-electron chi connectivity index (χ2n) is 6.44. The lowest BCUT2D eigenvalue weighted by atomic mass is 10.1. The van der Waals surface area contributed by atoms with Crippen LogP contribution in [0.2, 0.25) is 0 Å². The van der Waals surface area contributed by atoms with Gasteiger partial charge in [-0.05, 0) is 53.0 Å². The number of hydrogen-bond acceptors (Lipinski definition) is 3. The van der Waals surface area contributed by atoms with Gasteiger partial charge in [-0.15, -0.1) is 0 Å². The van der Waals surface area contributed by atoms with Crippen molar-refractivity contribution >= 4 is 33.3 Å². The van der Waals surface area contributed by atoms with Gasteiger partial charge < -0.3 is 9.88 Å². The molecule has 0 radical (unpaired) electrons. The van der Waals surface area contributed by atoms with E-state index in [2.05, 4.69) is 21.2 Å². The van der Waals surface area contributed by atoms with E-state index in [1.807, 2.05) is 13.8 Å². The van der Waals surface area contributed by atoms with Gasteiger partial charge in [0, 0.05) is 35.6 Å². The van der Waals surface area contributed by atoms with Crippen LogP contribution in [0.4, 0.5) is 5.69 Å². The molecule has 2 aromatic rings. The molecule has 5 nitrogen and oxygen atoms in total. The number of aryl methyl sites for hydroxylation is 1. The first-order valence-electron chi connectivity index (χ1n) is 8.05. The highest BCUT2D eigenvalue weighted by Crippen LogP contribution is 2.13. The van der Waals surface area contributed by atoms with Crippen LogP contribution in [0.15, 0.2) is 45.9 Å². The van der Waals surface area contributed by atoms with Crippen molar-refractivity contribution in [1.82, 2.24) is 4.57 Å². The summed E-state index contributed by atoms with van der Waals surface area (Å²) in [5, 5.41) is 2.81. The maximum Gasteiger partial charge on any atom is 0.224 e. The second kappa shape index (κ2) is 8.25. The highest BCUT2D eigenvalue weighted by Gasteiger charge is 2.10. The van der Waals surface area contributed by atoms with Gasteiger partial charge in [-0.2, -0.15) is 0 Å². The quantitative estimate of drug-likeness (QED) is 0.744. The van der Waals surface area contributed by atoms with Crippen molar-refractivity contribution in [2.75, 3.05) is 5.32 Å². The Morgan fingerprint density at radius 3 is 2.36 bits per heavy atom. The molecule has 1 heterocycles. The number of nitrogens with zero attached hydrogens (tertiary/aromatic N) is 1. The number of carbonyl (C=O) groups is 2. The van der Waals surface area contributed by atoms with Gasteiger partial charge in [0.05, 0.1) is 11.0 Å². The molecule has 0 fully saturated rings. The summed E-state index contributed by atoms with van der Waals surface area (Å²) < 4.78 is 2.12. The molecule has 0 saturated carbocycles. The van der Waals surface area contributed by atoms with Crippen molar-refractivity contribution in [3.8, 4) is 0 Å². The lowest BCUT2D eigenvalue weighted by Crippen LogP contribution is -2.16. The van der Waals surface area contributed by atoms with Crippen molar-refractivity contribution in [3.63, 3.8) is 0 Å². The minimum absolute atomic E-state index is 0.0392. The lowest BCUT2D eigenvalue weighted by molar-refractivity contribution is -0.116. The molecule has 2 rings (SSSR count). The highest BCUT2D eigenvalue weighted by atomic mass is 79.9. The van der Waals surface area contributed by atoms with Crippen LogP contribution in [-0.4, -0.2) is 16.3 Å². The van der Waals surface area contributed by atoms with E-state index < -0.39 is 0 Å². The predicted octanol–water partition coefficient (Wildman–Crippen LogP) is 3.79. The molecule has 1 aromatic heterocycles. The molecule has 25 heavy (non-hydrogen) atoms.